The molecule has 1 unspecified atom stereocenters. The highest BCUT2D eigenvalue weighted by Crippen LogP contribution is 2.30. The minimum atomic E-state index is -0.164. The second-order valence-electron chi connectivity index (χ2n) is 7.25. The van der Waals surface area contributed by atoms with Crippen LogP contribution in [-0.2, 0) is 0 Å². The van der Waals surface area contributed by atoms with E-state index in [9.17, 15) is 0 Å². The Labute approximate surface area is 183 Å². The van der Waals surface area contributed by atoms with Crippen LogP contribution in [0.3, 0.4) is 0 Å². The monoisotopic (exact) mass is 432 g/mol. The predicted octanol–water partition coefficient (Wildman–Crippen LogP) is 5.15. The van der Waals surface area contributed by atoms with E-state index in [-0.39, 0.29) is 30.9 Å². The molecule has 7 heteroatoms. The summed E-state index contributed by atoms with van der Waals surface area (Å²) in [6.07, 6.45) is 0.826. The Hall–Kier alpha value is -2.18. The van der Waals surface area contributed by atoms with Crippen LogP contribution in [0.2, 0.25) is 0 Å². The number of furan rings is 1. The van der Waals surface area contributed by atoms with Crippen molar-refractivity contribution in [1.29, 1.82) is 0 Å². The second kappa shape index (κ2) is 9.55. The van der Waals surface area contributed by atoms with E-state index >= 15 is 0 Å². The molecule has 0 amide bonds. The SMILES string of the molecule is Cc1cccc2c(C(N)CCN(C)C)nc(-c3cc4ccccc4o3)nc12.Cl.Cl. The van der Waals surface area contributed by atoms with Gasteiger partial charge >= 0.3 is 0 Å². The summed E-state index contributed by atoms with van der Waals surface area (Å²) in [5.74, 6) is 1.26. The number of aromatic nitrogens is 2. The number of benzene rings is 2. The standard InChI is InChI=1S/C22H24N4O.2ClH/c1-14-7-6-9-16-20(14)24-22(25-21(16)17(23)11-12-26(2)3)19-13-15-8-4-5-10-18(15)27-19;;/h4-10,13,17H,11-12,23H2,1-3H3;2*1H. The number of aryl methyl sites for hydroxylation is 1. The maximum Gasteiger partial charge on any atom is 0.196 e. The van der Waals surface area contributed by atoms with Gasteiger partial charge in [0.1, 0.15) is 5.58 Å². The van der Waals surface area contributed by atoms with Crippen molar-refractivity contribution in [3.05, 3.63) is 59.8 Å². The number of hydrogen-bond acceptors (Lipinski definition) is 5. The van der Waals surface area contributed by atoms with Gasteiger partial charge in [-0.25, -0.2) is 9.97 Å². The van der Waals surface area contributed by atoms with Gasteiger partial charge < -0.3 is 15.1 Å². The molecule has 0 radical (unpaired) electrons. The molecule has 2 aromatic carbocycles. The lowest BCUT2D eigenvalue weighted by Crippen LogP contribution is -2.21. The van der Waals surface area contributed by atoms with Gasteiger partial charge in [0.05, 0.1) is 11.2 Å². The minimum Gasteiger partial charge on any atom is -0.453 e. The van der Waals surface area contributed by atoms with Gasteiger partial charge in [-0.1, -0.05) is 36.4 Å². The van der Waals surface area contributed by atoms with Gasteiger partial charge in [0.15, 0.2) is 11.6 Å². The van der Waals surface area contributed by atoms with E-state index in [0.717, 1.165) is 46.1 Å². The van der Waals surface area contributed by atoms with Crippen LogP contribution >= 0.6 is 24.8 Å². The van der Waals surface area contributed by atoms with Crippen molar-refractivity contribution in [2.24, 2.45) is 5.73 Å². The highest BCUT2D eigenvalue weighted by Gasteiger charge is 2.18. The smallest absolute Gasteiger partial charge is 0.196 e. The van der Waals surface area contributed by atoms with Gasteiger partial charge in [-0.05, 0) is 51.7 Å². The number of nitrogens with two attached hydrogens (primary N) is 1. The average molecular weight is 433 g/mol. The summed E-state index contributed by atoms with van der Waals surface area (Å²) in [4.78, 5) is 11.8. The molecule has 2 aromatic heterocycles. The number of nitrogens with zero attached hydrogens (tertiary/aromatic N) is 3. The Balaban J connectivity index is 0.00000150. The third-order valence-corrected chi connectivity index (χ3v) is 4.84. The van der Waals surface area contributed by atoms with Crippen LogP contribution in [0.1, 0.15) is 23.7 Å². The molecule has 1 atom stereocenters. The molecule has 0 saturated heterocycles. The van der Waals surface area contributed by atoms with Crippen molar-refractivity contribution < 1.29 is 4.42 Å². The normalized spacial score (nSPS) is 12.0. The zero-order valence-electron chi connectivity index (χ0n) is 16.8. The predicted molar refractivity (Wildman–Crippen MR) is 124 cm³/mol. The van der Waals surface area contributed by atoms with Gasteiger partial charge in [0.25, 0.3) is 0 Å². The van der Waals surface area contributed by atoms with E-state index in [0.29, 0.717) is 11.6 Å². The Morgan fingerprint density at radius 1 is 1.03 bits per heavy atom. The largest absolute Gasteiger partial charge is 0.453 e. The summed E-state index contributed by atoms with van der Waals surface area (Å²) in [5, 5.41) is 2.06. The van der Waals surface area contributed by atoms with Crippen LogP contribution in [0.25, 0.3) is 33.5 Å². The molecular weight excluding hydrogens is 407 g/mol. The third-order valence-electron chi connectivity index (χ3n) is 4.84. The summed E-state index contributed by atoms with van der Waals surface area (Å²) in [5.41, 5.74) is 10.3. The topological polar surface area (TPSA) is 68.2 Å². The van der Waals surface area contributed by atoms with Gasteiger partial charge in [-0.2, -0.15) is 0 Å². The summed E-state index contributed by atoms with van der Waals surface area (Å²) in [6.45, 7) is 2.96. The molecule has 5 nitrogen and oxygen atoms in total. The average Bonchev–Trinajstić information content (AvgIpc) is 3.10. The molecule has 154 valence electrons. The van der Waals surface area contributed by atoms with E-state index in [1.807, 2.05) is 36.4 Å². The molecule has 0 saturated carbocycles. The zero-order valence-corrected chi connectivity index (χ0v) is 18.4. The van der Waals surface area contributed by atoms with Crippen molar-refractivity contribution >= 4 is 46.7 Å². The van der Waals surface area contributed by atoms with Gasteiger partial charge in [-0.3, -0.25) is 0 Å². The van der Waals surface area contributed by atoms with Crippen molar-refractivity contribution in [3.8, 4) is 11.6 Å². The quantitative estimate of drug-likeness (QED) is 0.472. The fourth-order valence-corrected chi connectivity index (χ4v) is 3.34. The molecular formula is C22H26Cl2N4O. The Bertz CT molecular complexity index is 1080. The fraction of sp³-hybridized carbons (Fsp3) is 0.273. The zero-order chi connectivity index (χ0) is 19.0. The van der Waals surface area contributed by atoms with Crippen LogP contribution in [-0.4, -0.2) is 35.5 Å². The first-order chi connectivity index (χ1) is 13.0. The molecule has 4 aromatic rings. The summed E-state index contributed by atoms with van der Waals surface area (Å²) < 4.78 is 6.00. The minimum absolute atomic E-state index is 0. The van der Waals surface area contributed by atoms with Crippen molar-refractivity contribution in [1.82, 2.24) is 14.9 Å². The van der Waals surface area contributed by atoms with E-state index in [2.05, 4.69) is 38.1 Å². The van der Waals surface area contributed by atoms with E-state index in [1.165, 1.54) is 0 Å². The number of halogens is 2. The first-order valence-corrected chi connectivity index (χ1v) is 9.19. The maximum atomic E-state index is 6.53. The van der Waals surface area contributed by atoms with Gasteiger partial charge in [0, 0.05) is 16.8 Å². The summed E-state index contributed by atoms with van der Waals surface area (Å²) in [7, 11) is 4.10. The van der Waals surface area contributed by atoms with Crippen LogP contribution in [0.5, 0.6) is 0 Å². The molecule has 4 rings (SSSR count). The van der Waals surface area contributed by atoms with E-state index in [1.54, 1.807) is 0 Å². The molecule has 0 aliphatic heterocycles. The van der Waals surface area contributed by atoms with Crippen LogP contribution in [0.15, 0.2) is 52.9 Å². The highest BCUT2D eigenvalue weighted by atomic mass is 35.5. The number of para-hydroxylation sites is 2. The Kier molecular flexibility index (Phi) is 7.60. The fourth-order valence-electron chi connectivity index (χ4n) is 3.34. The lowest BCUT2D eigenvalue weighted by Gasteiger charge is -2.17. The molecule has 29 heavy (non-hydrogen) atoms. The van der Waals surface area contributed by atoms with E-state index in [4.69, 9.17) is 20.1 Å². The van der Waals surface area contributed by atoms with E-state index < -0.39 is 0 Å². The number of fused-ring (bicyclic) bond motifs is 2. The second-order valence-corrected chi connectivity index (χ2v) is 7.25. The van der Waals surface area contributed by atoms with Crippen molar-refractivity contribution in [2.75, 3.05) is 20.6 Å². The van der Waals surface area contributed by atoms with Crippen molar-refractivity contribution in [3.63, 3.8) is 0 Å². The van der Waals surface area contributed by atoms with Gasteiger partial charge in [-0.15, -0.1) is 24.8 Å². The number of rotatable bonds is 5. The summed E-state index contributed by atoms with van der Waals surface area (Å²) in [6, 6.07) is 15.9. The first-order valence-electron chi connectivity index (χ1n) is 9.19. The molecule has 0 aliphatic carbocycles. The Morgan fingerprint density at radius 3 is 2.52 bits per heavy atom. The lowest BCUT2D eigenvalue weighted by molar-refractivity contribution is 0.381. The Morgan fingerprint density at radius 2 is 1.79 bits per heavy atom. The summed E-state index contributed by atoms with van der Waals surface area (Å²) >= 11 is 0. The maximum absolute atomic E-state index is 6.53. The molecule has 2 N–H and O–H groups in total. The molecule has 2 heterocycles. The third kappa shape index (κ3) is 4.70. The molecule has 0 bridgehead atoms. The molecule has 0 fully saturated rings. The first kappa shape index (κ1) is 23.1. The molecule has 0 aliphatic rings. The van der Waals surface area contributed by atoms with Crippen molar-refractivity contribution in [2.45, 2.75) is 19.4 Å². The lowest BCUT2D eigenvalue weighted by atomic mass is 10.0. The van der Waals surface area contributed by atoms with Crippen LogP contribution in [0.4, 0.5) is 0 Å². The highest BCUT2D eigenvalue weighted by molar-refractivity contribution is 5.87. The molecule has 0 spiro atoms. The number of hydrogen-bond donors (Lipinski definition) is 1. The van der Waals surface area contributed by atoms with Gasteiger partial charge in [0.2, 0.25) is 0 Å². The van der Waals surface area contributed by atoms with Crippen LogP contribution < -0.4 is 5.73 Å². The van der Waals surface area contributed by atoms with Crippen LogP contribution in [0, 0.1) is 6.92 Å².